The van der Waals surface area contributed by atoms with Crippen LogP contribution in [0.1, 0.15) is 38.5 Å². The SMILES string of the molecule is CNC(CC1CCC1)C1CN2CCCC2CO1. The summed E-state index contributed by atoms with van der Waals surface area (Å²) in [5.41, 5.74) is 0. The third-order valence-corrected chi connectivity index (χ3v) is 5.05. The molecule has 0 aromatic rings. The number of fused-ring (bicyclic) bond motifs is 1. The fourth-order valence-corrected chi connectivity index (χ4v) is 3.63. The first kappa shape index (κ1) is 11.9. The molecule has 3 rings (SSSR count). The third kappa shape index (κ3) is 2.51. The van der Waals surface area contributed by atoms with Gasteiger partial charge in [0.25, 0.3) is 0 Å². The van der Waals surface area contributed by atoms with E-state index in [2.05, 4.69) is 17.3 Å². The number of nitrogens with zero attached hydrogens (tertiary/aromatic N) is 1. The van der Waals surface area contributed by atoms with Gasteiger partial charge in [0, 0.05) is 18.6 Å². The van der Waals surface area contributed by atoms with Crippen LogP contribution in [-0.2, 0) is 4.74 Å². The van der Waals surface area contributed by atoms with Crippen LogP contribution in [0, 0.1) is 5.92 Å². The number of morpholine rings is 1. The third-order valence-electron chi connectivity index (χ3n) is 5.05. The molecule has 3 unspecified atom stereocenters. The maximum atomic E-state index is 6.11. The van der Waals surface area contributed by atoms with Crippen molar-refractivity contribution >= 4 is 0 Å². The molecule has 3 nitrogen and oxygen atoms in total. The van der Waals surface area contributed by atoms with E-state index in [1.165, 1.54) is 45.1 Å². The van der Waals surface area contributed by atoms with Crippen LogP contribution >= 0.6 is 0 Å². The standard InChI is InChI=1S/C14H26N2O/c1-15-13(8-11-4-2-5-11)14-9-16-7-3-6-12(16)10-17-14/h11-15H,2-10H2,1H3. The molecule has 1 aliphatic carbocycles. The first-order valence-electron chi connectivity index (χ1n) is 7.39. The Kier molecular flexibility index (Phi) is 3.69. The van der Waals surface area contributed by atoms with Crippen LogP contribution in [0.15, 0.2) is 0 Å². The lowest BCUT2D eigenvalue weighted by Crippen LogP contribution is -2.54. The summed E-state index contributed by atoms with van der Waals surface area (Å²) in [4.78, 5) is 2.65. The van der Waals surface area contributed by atoms with Crippen LogP contribution in [0.5, 0.6) is 0 Å². The summed E-state index contributed by atoms with van der Waals surface area (Å²) >= 11 is 0. The molecular formula is C14H26N2O. The van der Waals surface area contributed by atoms with Crippen LogP contribution in [0.4, 0.5) is 0 Å². The lowest BCUT2D eigenvalue weighted by Gasteiger charge is -2.40. The average Bonchev–Trinajstić information content (AvgIpc) is 2.75. The molecule has 1 N–H and O–H groups in total. The fourth-order valence-electron chi connectivity index (χ4n) is 3.63. The summed E-state index contributed by atoms with van der Waals surface area (Å²) in [6.07, 6.45) is 8.79. The van der Waals surface area contributed by atoms with Gasteiger partial charge in [0.2, 0.25) is 0 Å². The van der Waals surface area contributed by atoms with Gasteiger partial charge < -0.3 is 10.1 Å². The molecule has 2 saturated heterocycles. The second-order valence-corrected chi connectivity index (χ2v) is 6.09. The molecule has 2 heterocycles. The maximum Gasteiger partial charge on any atom is 0.0855 e. The first-order chi connectivity index (χ1) is 8.36. The smallest absolute Gasteiger partial charge is 0.0855 e. The second-order valence-electron chi connectivity index (χ2n) is 6.09. The highest BCUT2D eigenvalue weighted by atomic mass is 16.5. The largest absolute Gasteiger partial charge is 0.374 e. The summed E-state index contributed by atoms with van der Waals surface area (Å²) < 4.78 is 6.11. The summed E-state index contributed by atoms with van der Waals surface area (Å²) in [7, 11) is 2.10. The van der Waals surface area contributed by atoms with Crippen LogP contribution in [0.3, 0.4) is 0 Å². The predicted octanol–water partition coefficient (Wildman–Crippen LogP) is 1.63. The maximum absolute atomic E-state index is 6.11. The Morgan fingerprint density at radius 2 is 2.18 bits per heavy atom. The topological polar surface area (TPSA) is 24.5 Å². The zero-order valence-electron chi connectivity index (χ0n) is 11.0. The van der Waals surface area contributed by atoms with E-state index in [0.717, 1.165) is 25.1 Å². The fraction of sp³-hybridized carbons (Fsp3) is 1.00. The number of nitrogens with one attached hydrogen (secondary N) is 1. The Hall–Kier alpha value is -0.120. The van der Waals surface area contributed by atoms with Crippen molar-refractivity contribution in [1.29, 1.82) is 0 Å². The molecule has 0 amide bonds. The molecule has 1 saturated carbocycles. The Morgan fingerprint density at radius 3 is 2.88 bits per heavy atom. The molecule has 0 aromatic carbocycles. The van der Waals surface area contributed by atoms with Gasteiger partial charge in [-0.2, -0.15) is 0 Å². The number of ether oxygens (including phenoxy) is 1. The van der Waals surface area contributed by atoms with Crippen molar-refractivity contribution in [3.63, 3.8) is 0 Å². The van der Waals surface area contributed by atoms with Crippen molar-refractivity contribution in [2.45, 2.75) is 56.7 Å². The van der Waals surface area contributed by atoms with Gasteiger partial charge in [-0.25, -0.2) is 0 Å². The van der Waals surface area contributed by atoms with Crippen molar-refractivity contribution in [3.05, 3.63) is 0 Å². The minimum absolute atomic E-state index is 0.426. The average molecular weight is 238 g/mol. The lowest BCUT2D eigenvalue weighted by atomic mass is 9.79. The summed E-state index contributed by atoms with van der Waals surface area (Å²) in [5, 5.41) is 3.50. The molecule has 3 heteroatoms. The monoisotopic (exact) mass is 238 g/mol. The molecule has 2 aliphatic heterocycles. The molecule has 3 fully saturated rings. The van der Waals surface area contributed by atoms with Gasteiger partial charge in [0.1, 0.15) is 0 Å². The van der Waals surface area contributed by atoms with E-state index in [1.807, 2.05) is 0 Å². The Labute approximate surface area is 105 Å². The van der Waals surface area contributed by atoms with Gasteiger partial charge in [0.15, 0.2) is 0 Å². The molecule has 17 heavy (non-hydrogen) atoms. The van der Waals surface area contributed by atoms with Crippen molar-refractivity contribution in [2.24, 2.45) is 5.92 Å². The van der Waals surface area contributed by atoms with Crippen LogP contribution in [-0.4, -0.2) is 49.8 Å². The summed E-state index contributed by atoms with van der Waals surface area (Å²) in [6, 6.07) is 1.30. The van der Waals surface area contributed by atoms with Crippen molar-refractivity contribution in [1.82, 2.24) is 10.2 Å². The van der Waals surface area contributed by atoms with E-state index in [-0.39, 0.29) is 0 Å². The van der Waals surface area contributed by atoms with Gasteiger partial charge in [-0.3, -0.25) is 4.90 Å². The van der Waals surface area contributed by atoms with E-state index in [1.54, 1.807) is 0 Å². The van der Waals surface area contributed by atoms with Crippen LogP contribution in [0.2, 0.25) is 0 Å². The van der Waals surface area contributed by atoms with E-state index in [0.29, 0.717) is 12.1 Å². The molecule has 0 bridgehead atoms. The van der Waals surface area contributed by atoms with Gasteiger partial charge in [-0.15, -0.1) is 0 Å². The highest BCUT2D eigenvalue weighted by molar-refractivity contribution is 4.91. The Bertz CT molecular complexity index is 255. The highest BCUT2D eigenvalue weighted by Crippen LogP contribution is 2.32. The van der Waals surface area contributed by atoms with Crippen LogP contribution < -0.4 is 5.32 Å². The quantitative estimate of drug-likeness (QED) is 0.805. The lowest BCUT2D eigenvalue weighted by molar-refractivity contribution is -0.0680. The number of hydrogen-bond acceptors (Lipinski definition) is 3. The Morgan fingerprint density at radius 1 is 1.29 bits per heavy atom. The van der Waals surface area contributed by atoms with Crippen molar-refractivity contribution in [3.8, 4) is 0 Å². The van der Waals surface area contributed by atoms with Gasteiger partial charge in [0.05, 0.1) is 12.7 Å². The van der Waals surface area contributed by atoms with Gasteiger partial charge in [-0.1, -0.05) is 19.3 Å². The number of likely N-dealkylation sites (N-methyl/N-ethyl adjacent to an activating group) is 1. The van der Waals surface area contributed by atoms with E-state index in [9.17, 15) is 0 Å². The predicted molar refractivity (Wildman–Crippen MR) is 69.1 cm³/mol. The summed E-state index contributed by atoms with van der Waals surface area (Å²) in [5.74, 6) is 0.965. The minimum Gasteiger partial charge on any atom is -0.374 e. The van der Waals surface area contributed by atoms with Crippen molar-refractivity contribution < 1.29 is 4.74 Å². The van der Waals surface area contributed by atoms with Crippen molar-refractivity contribution in [2.75, 3.05) is 26.7 Å². The minimum atomic E-state index is 0.426. The molecule has 98 valence electrons. The van der Waals surface area contributed by atoms with Crippen LogP contribution in [0.25, 0.3) is 0 Å². The summed E-state index contributed by atoms with van der Waals surface area (Å²) in [6.45, 7) is 3.42. The second kappa shape index (κ2) is 5.25. The Balaban J connectivity index is 1.54. The van der Waals surface area contributed by atoms with E-state index >= 15 is 0 Å². The number of hydrogen-bond donors (Lipinski definition) is 1. The molecule has 3 aliphatic rings. The molecule has 0 aromatic heterocycles. The molecule has 0 spiro atoms. The first-order valence-corrected chi connectivity index (χ1v) is 7.39. The molecule has 0 radical (unpaired) electrons. The molecule has 3 atom stereocenters. The van der Waals surface area contributed by atoms with E-state index in [4.69, 9.17) is 4.74 Å². The number of rotatable bonds is 4. The highest BCUT2D eigenvalue weighted by Gasteiger charge is 2.36. The molecular weight excluding hydrogens is 212 g/mol. The zero-order valence-corrected chi connectivity index (χ0v) is 11.0. The van der Waals surface area contributed by atoms with Gasteiger partial charge >= 0.3 is 0 Å². The normalized spacial score (nSPS) is 36.5. The van der Waals surface area contributed by atoms with E-state index < -0.39 is 0 Å². The zero-order chi connectivity index (χ0) is 11.7. The van der Waals surface area contributed by atoms with Gasteiger partial charge in [-0.05, 0) is 38.8 Å².